The molecule has 0 spiro atoms. The van der Waals surface area contributed by atoms with Crippen LogP contribution >= 0.6 is 0 Å². The van der Waals surface area contributed by atoms with Crippen molar-refractivity contribution in [3.63, 3.8) is 0 Å². The SMILES string of the molecule is CN(c1nccc(O)n1)C1CCN(C2Nc3cnccc3N2Cc2ccc(F)cc2)CC1. The highest BCUT2D eigenvalue weighted by molar-refractivity contribution is 5.74. The summed E-state index contributed by atoms with van der Waals surface area (Å²) >= 11 is 0. The highest BCUT2D eigenvalue weighted by Crippen LogP contribution is 2.37. The van der Waals surface area contributed by atoms with Gasteiger partial charge in [0.25, 0.3) is 0 Å². The van der Waals surface area contributed by atoms with Crippen molar-refractivity contribution in [2.75, 3.05) is 35.3 Å². The van der Waals surface area contributed by atoms with E-state index in [1.807, 2.05) is 36.3 Å². The van der Waals surface area contributed by atoms with E-state index in [9.17, 15) is 9.50 Å². The molecular formula is C23H26FN7O. The van der Waals surface area contributed by atoms with Crippen LogP contribution in [0.15, 0.2) is 55.0 Å². The Kier molecular flexibility index (Phi) is 5.48. The molecule has 3 aromatic rings. The zero-order valence-corrected chi connectivity index (χ0v) is 17.9. The summed E-state index contributed by atoms with van der Waals surface area (Å²) in [6.07, 6.45) is 7.13. The molecule has 0 radical (unpaired) electrons. The number of pyridine rings is 1. The van der Waals surface area contributed by atoms with Crippen LogP contribution in [0.1, 0.15) is 18.4 Å². The number of piperidine rings is 1. The predicted molar refractivity (Wildman–Crippen MR) is 121 cm³/mol. The molecule has 5 rings (SSSR count). The highest BCUT2D eigenvalue weighted by atomic mass is 19.1. The summed E-state index contributed by atoms with van der Waals surface area (Å²) in [4.78, 5) is 19.5. The average Bonchev–Trinajstić information content (AvgIpc) is 3.18. The maximum atomic E-state index is 13.4. The van der Waals surface area contributed by atoms with Crippen molar-refractivity contribution in [3.05, 3.63) is 66.4 Å². The van der Waals surface area contributed by atoms with E-state index in [0.29, 0.717) is 18.5 Å². The molecule has 0 amide bonds. The van der Waals surface area contributed by atoms with Crippen LogP contribution in [0.2, 0.25) is 0 Å². The molecule has 1 saturated heterocycles. The van der Waals surface area contributed by atoms with Crippen LogP contribution in [0, 0.1) is 5.82 Å². The molecule has 2 aromatic heterocycles. The van der Waals surface area contributed by atoms with Gasteiger partial charge in [-0.05, 0) is 36.6 Å². The molecular weight excluding hydrogens is 409 g/mol. The molecule has 8 nitrogen and oxygen atoms in total. The third kappa shape index (κ3) is 4.03. The molecule has 2 N–H and O–H groups in total. The van der Waals surface area contributed by atoms with Crippen LogP contribution in [-0.4, -0.2) is 57.4 Å². The van der Waals surface area contributed by atoms with E-state index in [1.54, 1.807) is 12.4 Å². The number of fused-ring (bicyclic) bond motifs is 1. The summed E-state index contributed by atoms with van der Waals surface area (Å²) in [6, 6.07) is 10.5. The van der Waals surface area contributed by atoms with Gasteiger partial charge in [-0.15, -0.1) is 0 Å². The lowest BCUT2D eigenvalue weighted by molar-refractivity contribution is 0.164. The Bertz CT molecular complexity index is 1070. The molecule has 4 heterocycles. The second kappa shape index (κ2) is 8.58. The Morgan fingerprint density at radius 3 is 2.66 bits per heavy atom. The molecule has 9 heteroatoms. The van der Waals surface area contributed by atoms with Gasteiger partial charge in [-0.25, -0.2) is 9.37 Å². The van der Waals surface area contributed by atoms with Gasteiger partial charge in [-0.2, -0.15) is 4.98 Å². The molecule has 0 bridgehead atoms. The maximum absolute atomic E-state index is 13.4. The number of likely N-dealkylation sites (tertiary alicyclic amines) is 1. The normalized spacial score (nSPS) is 18.9. The van der Waals surface area contributed by atoms with Crippen molar-refractivity contribution in [2.45, 2.75) is 31.7 Å². The first-order chi connectivity index (χ1) is 15.6. The average molecular weight is 436 g/mol. The Morgan fingerprint density at radius 1 is 1.12 bits per heavy atom. The van der Waals surface area contributed by atoms with Crippen LogP contribution in [0.3, 0.4) is 0 Å². The summed E-state index contributed by atoms with van der Waals surface area (Å²) in [6.45, 7) is 2.46. The first-order valence-electron chi connectivity index (χ1n) is 10.8. The zero-order valence-electron chi connectivity index (χ0n) is 17.9. The molecule has 0 saturated carbocycles. The Morgan fingerprint density at radius 2 is 1.91 bits per heavy atom. The summed E-state index contributed by atoms with van der Waals surface area (Å²) in [5.41, 5.74) is 3.16. The van der Waals surface area contributed by atoms with Crippen molar-refractivity contribution >= 4 is 17.3 Å². The van der Waals surface area contributed by atoms with Crippen molar-refractivity contribution < 1.29 is 9.50 Å². The summed E-state index contributed by atoms with van der Waals surface area (Å²) in [5.74, 6) is 0.299. The van der Waals surface area contributed by atoms with Gasteiger partial charge in [-0.1, -0.05) is 12.1 Å². The van der Waals surface area contributed by atoms with Crippen LogP contribution < -0.4 is 15.1 Å². The van der Waals surface area contributed by atoms with Crippen LogP contribution in [0.5, 0.6) is 5.88 Å². The van der Waals surface area contributed by atoms with E-state index >= 15 is 0 Å². The minimum Gasteiger partial charge on any atom is -0.493 e. The zero-order chi connectivity index (χ0) is 22.1. The van der Waals surface area contributed by atoms with Gasteiger partial charge in [0.1, 0.15) is 5.82 Å². The number of hydrogen-bond donors (Lipinski definition) is 2. The standard InChI is InChI=1S/C23H26FN7O/c1-29(22-26-11-7-21(32)28-22)18-8-12-30(13-9-18)23-27-19-14-25-10-6-20(19)31(23)15-16-2-4-17(24)5-3-16/h2-7,10-11,14,18,23,27H,8-9,12-13,15H2,1H3,(H,26,28,32). The number of nitrogens with zero attached hydrogens (tertiary/aromatic N) is 6. The molecule has 1 atom stereocenters. The van der Waals surface area contributed by atoms with Crippen molar-refractivity contribution in [3.8, 4) is 5.88 Å². The number of halogens is 1. The molecule has 2 aliphatic rings. The summed E-state index contributed by atoms with van der Waals surface area (Å²) < 4.78 is 13.4. The molecule has 166 valence electrons. The minimum absolute atomic E-state index is 0.00234. The molecule has 0 aliphatic carbocycles. The quantitative estimate of drug-likeness (QED) is 0.633. The first kappa shape index (κ1) is 20.4. The van der Waals surface area contributed by atoms with Gasteiger partial charge in [-0.3, -0.25) is 9.88 Å². The van der Waals surface area contributed by atoms with E-state index in [0.717, 1.165) is 42.9 Å². The third-order valence-corrected chi connectivity index (χ3v) is 6.29. The first-order valence-corrected chi connectivity index (χ1v) is 10.8. The lowest BCUT2D eigenvalue weighted by Crippen LogP contribution is -2.54. The number of rotatable bonds is 5. The fraction of sp³-hybridized carbons (Fsp3) is 0.348. The van der Waals surface area contributed by atoms with Crippen molar-refractivity contribution in [2.24, 2.45) is 0 Å². The molecule has 32 heavy (non-hydrogen) atoms. The predicted octanol–water partition coefficient (Wildman–Crippen LogP) is 3.03. The van der Waals surface area contributed by atoms with Gasteiger partial charge in [0, 0.05) is 51.2 Å². The van der Waals surface area contributed by atoms with Crippen molar-refractivity contribution in [1.29, 1.82) is 0 Å². The second-order valence-electron chi connectivity index (χ2n) is 8.26. The number of aromatic hydroxyl groups is 1. The summed E-state index contributed by atoms with van der Waals surface area (Å²) in [7, 11) is 1.98. The lowest BCUT2D eigenvalue weighted by atomic mass is 10.0. The Hall–Kier alpha value is -3.46. The second-order valence-corrected chi connectivity index (χ2v) is 8.26. The Labute approximate surface area is 186 Å². The van der Waals surface area contributed by atoms with E-state index in [-0.39, 0.29) is 18.0 Å². The summed E-state index contributed by atoms with van der Waals surface area (Å²) in [5, 5.41) is 13.3. The van der Waals surface area contributed by atoms with Crippen LogP contribution in [0.25, 0.3) is 0 Å². The van der Waals surface area contributed by atoms with Crippen molar-refractivity contribution in [1.82, 2.24) is 19.9 Å². The van der Waals surface area contributed by atoms with Crippen LogP contribution in [-0.2, 0) is 6.54 Å². The topological polar surface area (TPSA) is 80.6 Å². The number of nitrogens with one attached hydrogen (secondary N) is 1. The minimum atomic E-state index is -0.226. The lowest BCUT2D eigenvalue weighted by Gasteiger charge is -2.42. The molecule has 1 fully saturated rings. The van der Waals surface area contributed by atoms with Gasteiger partial charge in [0.05, 0.1) is 17.6 Å². The molecule has 1 aromatic carbocycles. The molecule has 1 unspecified atom stereocenters. The van der Waals surface area contributed by atoms with E-state index in [2.05, 4.69) is 30.1 Å². The number of anilines is 3. The molecule has 2 aliphatic heterocycles. The maximum Gasteiger partial charge on any atom is 0.228 e. The van der Waals surface area contributed by atoms with E-state index < -0.39 is 0 Å². The fourth-order valence-electron chi connectivity index (χ4n) is 4.53. The fourth-order valence-corrected chi connectivity index (χ4v) is 4.53. The van der Waals surface area contributed by atoms with Gasteiger partial charge >= 0.3 is 0 Å². The largest absolute Gasteiger partial charge is 0.493 e. The monoisotopic (exact) mass is 435 g/mol. The van der Waals surface area contributed by atoms with E-state index in [1.165, 1.54) is 18.2 Å². The third-order valence-electron chi connectivity index (χ3n) is 6.29. The number of aromatic nitrogens is 3. The van der Waals surface area contributed by atoms with E-state index in [4.69, 9.17) is 0 Å². The van der Waals surface area contributed by atoms with Crippen LogP contribution in [0.4, 0.5) is 21.7 Å². The highest BCUT2D eigenvalue weighted by Gasteiger charge is 2.36. The smallest absolute Gasteiger partial charge is 0.228 e. The Balaban J connectivity index is 1.30. The van der Waals surface area contributed by atoms with Gasteiger partial charge in [0.15, 0.2) is 6.29 Å². The van der Waals surface area contributed by atoms with Gasteiger partial charge < -0.3 is 20.2 Å². The number of benzene rings is 1. The van der Waals surface area contributed by atoms with Gasteiger partial charge in [0.2, 0.25) is 11.8 Å². The number of hydrogen-bond acceptors (Lipinski definition) is 8.